The lowest BCUT2D eigenvalue weighted by atomic mass is 10.1. The summed E-state index contributed by atoms with van der Waals surface area (Å²) in [5, 5.41) is 10.2. The Bertz CT molecular complexity index is 414. The Morgan fingerprint density at radius 2 is 2.22 bits per heavy atom. The van der Waals surface area contributed by atoms with Gasteiger partial charge in [0.2, 0.25) is 0 Å². The Hall–Kier alpha value is -1.14. The van der Waals surface area contributed by atoms with Crippen LogP contribution in [-0.2, 0) is 4.74 Å². The SMILES string of the molecule is CN(CCOCCBr)C(=O)c1cc(F)ccc1O. The predicted octanol–water partition coefficient (Wildman–Crippen LogP) is 2.01. The number of benzene rings is 1. The smallest absolute Gasteiger partial charge is 0.257 e. The maximum atomic E-state index is 13.0. The van der Waals surface area contributed by atoms with E-state index in [0.717, 1.165) is 23.5 Å². The highest BCUT2D eigenvalue weighted by Crippen LogP contribution is 2.19. The van der Waals surface area contributed by atoms with Crippen molar-refractivity contribution >= 4 is 21.8 Å². The minimum Gasteiger partial charge on any atom is -0.507 e. The number of carbonyl (C=O) groups is 1. The molecule has 0 aliphatic rings. The normalized spacial score (nSPS) is 10.4. The fourth-order valence-corrected chi connectivity index (χ4v) is 1.57. The second kappa shape index (κ2) is 7.33. The molecule has 0 unspecified atom stereocenters. The molecular weight excluding hydrogens is 305 g/mol. The topological polar surface area (TPSA) is 49.8 Å². The van der Waals surface area contributed by atoms with Crippen LogP contribution in [0.15, 0.2) is 18.2 Å². The van der Waals surface area contributed by atoms with E-state index in [1.807, 2.05) is 0 Å². The molecule has 0 spiro atoms. The monoisotopic (exact) mass is 319 g/mol. The molecule has 0 heterocycles. The average molecular weight is 320 g/mol. The van der Waals surface area contributed by atoms with E-state index in [0.29, 0.717) is 19.8 Å². The van der Waals surface area contributed by atoms with Gasteiger partial charge in [0.1, 0.15) is 11.6 Å². The van der Waals surface area contributed by atoms with Gasteiger partial charge in [-0.05, 0) is 18.2 Å². The first-order valence-electron chi connectivity index (χ1n) is 5.44. The summed E-state index contributed by atoms with van der Waals surface area (Å²) >= 11 is 3.22. The number of hydrogen-bond donors (Lipinski definition) is 1. The molecule has 0 aliphatic carbocycles. The van der Waals surface area contributed by atoms with E-state index in [4.69, 9.17) is 4.74 Å². The first kappa shape index (κ1) is 14.9. The van der Waals surface area contributed by atoms with Crippen LogP contribution in [0.25, 0.3) is 0 Å². The highest BCUT2D eigenvalue weighted by molar-refractivity contribution is 9.09. The highest BCUT2D eigenvalue weighted by atomic mass is 79.9. The molecule has 0 radical (unpaired) electrons. The van der Waals surface area contributed by atoms with E-state index in [9.17, 15) is 14.3 Å². The van der Waals surface area contributed by atoms with E-state index in [1.54, 1.807) is 7.05 Å². The average Bonchev–Trinajstić information content (AvgIpc) is 2.36. The molecule has 18 heavy (non-hydrogen) atoms. The van der Waals surface area contributed by atoms with Crippen LogP contribution < -0.4 is 0 Å². The standard InChI is InChI=1S/C12H15BrFNO3/c1-15(5-7-18-6-4-13)12(17)10-8-9(14)2-3-11(10)16/h2-3,8,16H,4-7H2,1H3. The lowest BCUT2D eigenvalue weighted by Gasteiger charge is -2.17. The largest absolute Gasteiger partial charge is 0.507 e. The van der Waals surface area contributed by atoms with Gasteiger partial charge >= 0.3 is 0 Å². The molecule has 100 valence electrons. The molecule has 0 saturated carbocycles. The zero-order chi connectivity index (χ0) is 13.5. The zero-order valence-corrected chi connectivity index (χ0v) is 11.6. The summed E-state index contributed by atoms with van der Waals surface area (Å²) in [5.74, 6) is -1.22. The van der Waals surface area contributed by atoms with Gasteiger partial charge in [-0.15, -0.1) is 0 Å². The number of phenols is 1. The molecular formula is C12H15BrFNO3. The molecule has 1 N–H and O–H groups in total. The number of alkyl halides is 1. The van der Waals surface area contributed by atoms with Gasteiger partial charge in [-0.1, -0.05) is 15.9 Å². The summed E-state index contributed by atoms with van der Waals surface area (Å²) in [6.07, 6.45) is 0. The fourth-order valence-electron chi connectivity index (χ4n) is 1.34. The van der Waals surface area contributed by atoms with Crippen LogP contribution in [0.3, 0.4) is 0 Å². The second-order valence-corrected chi connectivity index (χ2v) is 4.48. The van der Waals surface area contributed by atoms with Crippen LogP contribution in [0.2, 0.25) is 0 Å². The molecule has 0 fully saturated rings. The van der Waals surface area contributed by atoms with E-state index >= 15 is 0 Å². The number of aromatic hydroxyl groups is 1. The third-order valence-corrected chi connectivity index (χ3v) is 2.65. The van der Waals surface area contributed by atoms with Gasteiger partial charge in [0.15, 0.2) is 0 Å². The summed E-state index contributed by atoms with van der Waals surface area (Å²) in [7, 11) is 1.57. The number of halogens is 2. The number of ether oxygens (including phenoxy) is 1. The summed E-state index contributed by atoms with van der Waals surface area (Å²) in [6.45, 7) is 1.33. The first-order chi connectivity index (χ1) is 8.56. The molecule has 1 amide bonds. The van der Waals surface area contributed by atoms with Crippen molar-refractivity contribution in [2.45, 2.75) is 0 Å². The third kappa shape index (κ3) is 4.27. The summed E-state index contributed by atoms with van der Waals surface area (Å²) in [5.41, 5.74) is -0.0435. The van der Waals surface area contributed by atoms with Crippen molar-refractivity contribution in [2.24, 2.45) is 0 Å². The fraction of sp³-hybridized carbons (Fsp3) is 0.417. The number of rotatable bonds is 6. The number of phenolic OH excluding ortho intramolecular Hbond substituents is 1. The van der Waals surface area contributed by atoms with Crippen molar-refractivity contribution in [3.05, 3.63) is 29.6 Å². The summed E-state index contributed by atoms with van der Waals surface area (Å²) in [6, 6.07) is 3.29. The molecule has 0 saturated heterocycles. The van der Waals surface area contributed by atoms with Crippen LogP contribution in [-0.4, -0.2) is 48.0 Å². The minimum absolute atomic E-state index is 0.0435. The molecule has 1 aromatic carbocycles. The van der Waals surface area contributed by atoms with Crippen LogP contribution >= 0.6 is 15.9 Å². The van der Waals surface area contributed by atoms with Crippen molar-refractivity contribution in [3.8, 4) is 5.75 Å². The number of likely N-dealkylation sites (N-methyl/N-ethyl adjacent to an activating group) is 1. The van der Waals surface area contributed by atoms with Gasteiger partial charge in [0.05, 0.1) is 18.8 Å². The van der Waals surface area contributed by atoms with Crippen LogP contribution in [0.5, 0.6) is 5.75 Å². The predicted molar refractivity (Wildman–Crippen MR) is 69.6 cm³/mol. The molecule has 0 atom stereocenters. The Morgan fingerprint density at radius 3 is 2.89 bits per heavy atom. The Morgan fingerprint density at radius 1 is 1.50 bits per heavy atom. The lowest BCUT2D eigenvalue weighted by Crippen LogP contribution is -2.30. The van der Waals surface area contributed by atoms with E-state index in [2.05, 4.69) is 15.9 Å². The first-order valence-corrected chi connectivity index (χ1v) is 6.56. The zero-order valence-electron chi connectivity index (χ0n) is 10.0. The molecule has 1 aromatic rings. The number of carbonyl (C=O) groups excluding carboxylic acids is 1. The van der Waals surface area contributed by atoms with E-state index < -0.39 is 11.7 Å². The molecule has 0 aromatic heterocycles. The molecule has 0 bridgehead atoms. The Balaban J connectivity index is 2.60. The van der Waals surface area contributed by atoms with E-state index in [1.165, 1.54) is 4.90 Å². The van der Waals surface area contributed by atoms with Crippen molar-refractivity contribution in [1.82, 2.24) is 4.90 Å². The molecule has 0 aliphatic heterocycles. The van der Waals surface area contributed by atoms with Gasteiger partial charge in [-0.25, -0.2) is 4.39 Å². The van der Waals surface area contributed by atoms with Crippen molar-refractivity contribution in [2.75, 3.05) is 32.1 Å². The van der Waals surface area contributed by atoms with Gasteiger partial charge in [-0.2, -0.15) is 0 Å². The minimum atomic E-state index is -0.555. The van der Waals surface area contributed by atoms with Crippen molar-refractivity contribution < 1.29 is 19.0 Å². The highest BCUT2D eigenvalue weighted by Gasteiger charge is 2.16. The molecule has 4 nitrogen and oxygen atoms in total. The third-order valence-electron chi connectivity index (χ3n) is 2.33. The molecule has 1 rings (SSSR count). The Kier molecular flexibility index (Phi) is 6.07. The van der Waals surface area contributed by atoms with Gasteiger partial charge in [0, 0.05) is 18.9 Å². The van der Waals surface area contributed by atoms with Crippen molar-refractivity contribution in [3.63, 3.8) is 0 Å². The molecule has 6 heteroatoms. The van der Waals surface area contributed by atoms with Crippen LogP contribution in [0.4, 0.5) is 4.39 Å². The summed E-state index contributed by atoms with van der Waals surface area (Å²) < 4.78 is 18.2. The maximum Gasteiger partial charge on any atom is 0.257 e. The van der Waals surface area contributed by atoms with Gasteiger partial charge in [-0.3, -0.25) is 4.79 Å². The van der Waals surface area contributed by atoms with Crippen LogP contribution in [0.1, 0.15) is 10.4 Å². The Labute approximate surface area is 113 Å². The van der Waals surface area contributed by atoms with E-state index in [-0.39, 0.29) is 11.3 Å². The lowest BCUT2D eigenvalue weighted by molar-refractivity contribution is 0.0710. The second-order valence-electron chi connectivity index (χ2n) is 3.69. The quantitative estimate of drug-likeness (QED) is 0.644. The number of amides is 1. The van der Waals surface area contributed by atoms with Crippen molar-refractivity contribution in [1.29, 1.82) is 0 Å². The number of nitrogens with zero attached hydrogens (tertiary/aromatic N) is 1. The summed E-state index contributed by atoms with van der Waals surface area (Å²) in [4.78, 5) is 13.3. The number of hydrogen-bond acceptors (Lipinski definition) is 3. The van der Waals surface area contributed by atoms with Gasteiger partial charge < -0.3 is 14.7 Å². The van der Waals surface area contributed by atoms with Crippen LogP contribution in [0, 0.1) is 5.82 Å². The van der Waals surface area contributed by atoms with Gasteiger partial charge in [0.25, 0.3) is 5.91 Å². The maximum absolute atomic E-state index is 13.0.